The van der Waals surface area contributed by atoms with E-state index in [4.69, 9.17) is 0 Å². The summed E-state index contributed by atoms with van der Waals surface area (Å²) in [5.74, 6) is -1.04. The van der Waals surface area contributed by atoms with Crippen LogP contribution in [0.25, 0.3) is 0 Å². The molecule has 0 spiro atoms. The Morgan fingerprint density at radius 1 is 1.58 bits per heavy atom. The first-order valence-electron chi connectivity index (χ1n) is 3.92. The summed E-state index contributed by atoms with van der Waals surface area (Å²) in [5.41, 5.74) is 1.06. The first kappa shape index (κ1) is 12.0. The van der Waals surface area contributed by atoms with Crippen molar-refractivity contribution in [3.05, 3.63) is 11.8 Å². The fourth-order valence-corrected chi connectivity index (χ4v) is 1.18. The minimum absolute atomic E-state index is 0. The Balaban J connectivity index is 0.00000121. The van der Waals surface area contributed by atoms with Crippen molar-refractivity contribution >= 4 is 5.97 Å². The predicted molar refractivity (Wildman–Crippen MR) is 39.6 cm³/mol. The Morgan fingerprint density at radius 2 is 2.33 bits per heavy atom. The Hall–Kier alpha value is 0.0100. The molecule has 0 aliphatic heterocycles. The van der Waals surface area contributed by atoms with E-state index < -0.39 is 5.97 Å². The number of allylic oxidation sites excluding steroid dienone is 2. The van der Waals surface area contributed by atoms with Crippen molar-refractivity contribution in [2.45, 2.75) is 25.7 Å². The van der Waals surface area contributed by atoms with Crippen LogP contribution in [0, 0.1) is 0 Å². The van der Waals surface area contributed by atoms with Crippen molar-refractivity contribution in [2.24, 2.45) is 0 Å². The van der Waals surface area contributed by atoms with E-state index in [0.717, 1.165) is 25.0 Å². The van der Waals surface area contributed by atoms with E-state index in [1.165, 1.54) is 6.42 Å². The quantitative estimate of drug-likeness (QED) is 0.462. The SMILES string of the molecule is O=C([O-])CNC1=CCCCC1.[Na+]. The van der Waals surface area contributed by atoms with Crippen LogP contribution in [0.5, 0.6) is 0 Å². The van der Waals surface area contributed by atoms with E-state index in [1.54, 1.807) is 0 Å². The molecule has 1 rings (SSSR count). The molecule has 0 radical (unpaired) electrons. The largest absolute Gasteiger partial charge is 1.00 e. The summed E-state index contributed by atoms with van der Waals surface area (Å²) >= 11 is 0. The molecule has 0 atom stereocenters. The molecule has 0 aromatic rings. The van der Waals surface area contributed by atoms with Gasteiger partial charge in [-0.05, 0) is 25.7 Å². The number of nitrogens with one attached hydrogen (secondary N) is 1. The summed E-state index contributed by atoms with van der Waals surface area (Å²) in [4.78, 5) is 10.0. The second-order valence-electron chi connectivity index (χ2n) is 2.70. The number of carbonyl (C=O) groups excluding carboxylic acids is 1. The molecule has 0 fully saturated rings. The van der Waals surface area contributed by atoms with Gasteiger partial charge >= 0.3 is 29.6 Å². The monoisotopic (exact) mass is 177 g/mol. The number of hydrogen-bond donors (Lipinski definition) is 1. The molecule has 0 saturated heterocycles. The maximum atomic E-state index is 10.0. The van der Waals surface area contributed by atoms with Gasteiger partial charge in [0.05, 0.1) is 12.5 Å². The molecule has 1 aliphatic carbocycles. The second-order valence-corrected chi connectivity index (χ2v) is 2.70. The fraction of sp³-hybridized carbons (Fsp3) is 0.625. The summed E-state index contributed by atoms with van der Waals surface area (Å²) < 4.78 is 0. The zero-order valence-electron chi connectivity index (χ0n) is 7.43. The summed E-state index contributed by atoms with van der Waals surface area (Å²) in [7, 11) is 0. The van der Waals surface area contributed by atoms with Crippen molar-refractivity contribution in [1.82, 2.24) is 5.32 Å². The van der Waals surface area contributed by atoms with Crippen molar-refractivity contribution in [1.29, 1.82) is 0 Å². The van der Waals surface area contributed by atoms with Crippen molar-refractivity contribution in [2.75, 3.05) is 6.54 Å². The van der Waals surface area contributed by atoms with Crippen LogP contribution in [0.1, 0.15) is 25.7 Å². The van der Waals surface area contributed by atoms with E-state index in [9.17, 15) is 9.90 Å². The third-order valence-corrected chi connectivity index (χ3v) is 1.75. The zero-order valence-corrected chi connectivity index (χ0v) is 9.43. The van der Waals surface area contributed by atoms with Gasteiger partial charge in [0.15, 0.2) is 0 Å². The third kappa shape index (κ3) is 4.80. The second kappa shape index (κ2) is 6.52. The summed E-state index contributed by atoms with van der Waals surface area (Å²) in [5, 5.41) is 12.9. The molecule has 1 aliphatic rings. The molecule has 0 heterocycles. The van der Waals surface area contributed by atoms with Gasteiger partial charge in [0.2, 0.25) is 0 Å². The number of carbonyl (C=O) groups is 1. The predicted octanol–water partition coefficient (Wildman–Crippen LogP) is -3.21. The van der Waals surface area contributed by atoms with Crippen LogP contribution in [0.2, 0.25) is 0 Å². The Kier molecular flexibility index (Phi) is 6.52. The van der Waals surface area contributed by atoms with Gasteiger partial charge in [-0.1, -0.05) is 6.08 Å². The van der Waals surface area contributed by atoms with Crippen LogP contribution < -0.4 is 40.0 Å². The topological polar surface area (TPSA) is 52.2 Å². The van der Waals surface area contributed by atoms with Crippen LogP contribution in [-0.2, 0) is 4.79 Å². The number of carboxylic acids is 1. The minimum Gasteiger partial charge on any atom is -0.548 e. The first-order valence-corrected chi connectivity index (χ1v) is 3.92. The van der Waals surface area contributed by atoms with E-state index in [-0.39, 0.29) is 36.1 Å². The van der Waals surface area contributed by atoms with Crippen LogP contribution in [-0.4, -0.2) is 12.5 Å². The van der Waals surface area contributed by atoms with Gasteiger partial charge in [-0.15, -0.1) is 0 Å². The molecule has 0 bridgehead atoms. The number of rotatable bonds is 3. The summed E-state index contributed by atoms with van der Waals surface area (Å²) in [6.07, 6.45) is 6.48. The molecule has 0 saturated carbocycles. The normalized spacial score (nSPS) is 15.8. The van der Waals surface area contributed by atoms with Crippen molar-refractivity contribution < 1.29 is 39.5 Å². The average molecular weight is 177 g/mol. The van der Waals surface area contributed by atoms with Gasteiger partial charge in [-0.25, -0.2) is 0 Å². The van der Waals surface area contributed by atoms with Crippen molar-refractivity contribution in [3.8, 4) is 0 Å². The molecule has 62 valence electrons. The first-order chi connectivity index (χ1) is 5.29. The molecule has 3 nitrogen and oxygen atoms in total. The molecular weight excluding hydrogens is 165 g/mol. The summed E-state index contributed by atoms with van der Waals surface area (Å²) in [6.45, 7) is -0.0637. The minimum atomic E-state index is -1.04. The van der Waals surface area contributed by atoms with Crippen LogP contribution >= 0.6 is 0 Å². The molecule has 0 unspecified atom stereocenters. The molecular formula is C8H12NNaO2. The fourth-order valence-electron chi connectivity index (χ4n) is 1.18. The standard InChI is InChI=1S/C8H13NO2.Na/c10-8(11)6-9-7-4-2-1-3-5-7;/h4,9H,1-3,5-6H2,(H,10,11);/q;+1/p-1. The smallest absolute Gasteiger partial charge is 0.548 e. The molecule has 12 heavy (non-hydrogen) atoms. The van der Waals surface area contributed by atoms with Crippen molar-refractivity contribution in [3.63, 3.8) is 0 Å². The van der Waals surface area contributed by atoms with Gasteiger partial charge in [0, 0.05) is 5.70 Å². The summed E-state index contributed by atoms with van der Waals surface area (Å²) in [6, 6.07) is 0. The van der Waals surface area contributed by atoms with E-state index in [2.05, 4.69) is 11.4 Å². The van der Waals surface area contributed by atoms with Crippen LogP contribution in [0.4, 0.5) is 0 Å². The Labute approximate surface area is 94.5 Å². The number of aliphatic carboxylic acids is 1. The van der Waals surface area contributed by atoms with E-state index >= 15 is 0 Å². The maximum absolute atomic E-state index is 10.0. The number of hydrogen-bond acceptors (Lipinski definition) is 3. The van der Waals surface area contributed by atoms with Gasteiger partial charge in [0.25, 0.3) is 0 Å². The van der Waals surface area contributed by atoms with Gasteiger partial charge in [-0.2, -0.15) is 0 Å². The molecule has 0 amide bonds. The number of carboxylic acid groups (broad SMARTS) is 1. The maximum Gasteiger partial charge on any atom is 1.00 e. The van der Waals surface area contributed by atoms with E-state index in [0.29, 0.717) is 0 Å². The Morgan fingerprint density at radius 3 is 2.83 bits per heavy atom. The van der Waals surface area contributed by atoms with Gasteiger partial charge < -0.3 is 15.2 Å². The average Bonchev–Trinajstić information content (AvgIpc) is 2.03. The van der Waals surface area contributed by atoms with Crippen LogP contribution in [0.3, 0.4) is 0 Å². The Bertz CT molecular complexity index is 180. The molecule has 4 heteroatoms. The zero-order chi connectivity index (χ0) is 8.10. The van der Waals surface area contributed by atoms with Gasteiger partial charge in [-0.3, -0.25) is 0 Å². The molecule has 0 aromatic carbocycles. The molecule has 1 N–H and O–H groups in total. The van der Waals surface area contributed by atoms with Gasteiger partial charge in [0.1, 0.15) is 0 Å². The van der Waals surface area contributed by atoms with E-state index in [1.807, 2.05) is 0 Å². The van der Waals surface area contributed by atoms with Crippen LogP contribution in [0.15, 0.2) is 11.8 Å². The molecule has 0 aromatic heterocycles. The third-order valence-electron chi connectivity index (χ3n) is 1.75.